The normalized spacial score (nSPS) is 10.5. The van der Waals surface area contributed by atoms with Crippen LogP contribution in [0.4, 0.5) is 0 Å². The minimum absolute atomic E-state index is 0.233. The molecule has 3 heteroatoms. The standard InChI is InChI=1S/C20H17O2S/c1-22-20-14-19(13-12-16(20)15-21)23(17-8-4-2-5-9-17)18-10-6-3-7-11-18/h2-15H,1H3/q+1. The molecule has 3 rings (SSSR count). The number of ether oxygens (including phenoxy) is 1. The molecule has 0 amide bonds. The van der Waals surface area contributed by atoms with Crippen LogP contribution in [0, 0.1) is 0 Å². The summed E-state index contributed by atoms with van der Waals surface area (Å²) < 4.78 is 5.37. The fraction of sp³-hybridized carbons (Fsp3) is 0.0500. The van der Waals surface area contributed by atoms with E-state index in [9.17, 15) is 4.79 Å². The first-order valence-corrected chi connectivity index (χ1v) is 8.53. The first-order valence-electron chi connectivity index (χ1n) is 7.31. The Bertz CT molecular complexity index is 746. The number of hydrogen-bond donors (Lipinski definition) is 0. The van der Waals surface area contributed by atoms with Crippen LogP contribution >= 0.6 is 0 Å². The van der Waals surface area contributed by atoms with Crippen LogP contribution in [0.15, 0.2) is 93.5 Å². The molecule has 0 N–H and O–H groups in total. The highest BCUT2D eigenvalue weighted by molar-refractivity contribution is 7.97. The summed E-state index contributed by atoms with van der Waals surface area (Å²) in [4.78, 5) is 14.7. The maximum atomic E-state index is 11.1. The molecule has 23 heavy (non-hydrogen) atoms. The summed E-state index contributed by atoms with van der Waals surface area (Å²) in [5.74, 6) is 0.613. The molecule has 0 saturated heterocycles. The van der Waals surface area contributed by atoms with Gasteiger partial charge in [-0.25, -0.2) is 0 Å². The number of aldehydes is 1. The number of carbonyl (C=O) groups is 1. The van der Waals surface area contributed by atoms with E-state index < -0.39 is 0 Å². The van der Waals surface area contributed by atoms with Gasteiger partial charge >= 0.3 is 0 Å². The van der Waals surface area contributed by atoms with Gasteiger partial charge in [0.25, 0.3) is 0 Å². The molecule has 0 radical (unpaired) electrons. The van der Waals surface area contributed by atoms with E-state index in [-0.39, 0.29) is 10.9 Å². The van der Waals surface area contributed by atoms with Gasteiger partial charge in [-0.1, -0.05) is 36.4 Å². The molecule has 0 aliphatic heterocycles. The van der Waals surface area contributed by atoms with Crippen molar-refractivity contribution in [1.29, 1.82) is 0 Å². The fourth-order valence-electron chi connectivity index (χ4n) is 2.44. The second-order valence-corrected chi connectivity index (χ2v) is 6.98. The van der Waals surface area contributed by atoms with Gasteiger partial charge in [0.1, 0.15) is 5.75 Å². The molecule has 0 heterocycles. The molecule has 0 unspecified atom stereocenters. The quantitative estimate of drug-likeness (QED) is 0.507. The Morgan fingerprint density at radius 3 is 1.83 bits per heavy atom. The fourth-order valence-corrected chi connectivity index (χ4v) is 4.54. The summed E-state index contributed by atoms with van der Waals surface area (Å²) in [6.45, 7) is 0. The van der Waals surface area contributed by atoms with Crippen molar-refractivity contribution < 1.29 is 9.53 Å². The number of carbonyl (C=O) groups excluding carboxylic acids is 1. The van der Waals surface area contributed by atoms with E-state index in [4.69, 9.17) is 4.74 Å². The Morgan fingerprint density at radius 2 is 1.35 bits per heavy atom. The molecule has 3 aromatic rings. The maximum Gasteiger partial charge on any atom is 0.170 e. The SMILES string of the molecule is COc1cc([S+](c2ccccc2)c2ccccc2)ccc1C=O. The molecular weight excluding hydrogens is 304 g/mol. The third kappa shape index (κ3) is 3.30. The van der Waals surface area contributed by atoms with E-state index in [0.717, 1.165) is 11.2 Å². The largest absolute Gasteiger partial charge is 0.496 e. The van der Waals surface area contributed by atoms with Crippen LogP contribution < -0.4 is 4.74 Å². The van der Waals surface area contributed by atoms with Crippen molar-refractivity contribution in [2.24, 2.45) is 0 Å². The zero-order valence-corrected chi connectivity index (χ0v) is 13.6. The molecular formula is C20H17O2S+. The van der Waals surface area contributed by atoms with Gasteiger partial charge in [-0.15, -0.1) is 0 Å². The maximum absolute atomic E-state index is 11.1. The van der Waals surface area contributed by atoms with Crippen LogP contribution in [0.3, 0.4) is 0 Å². The van der Waals surface area contributed by atoms with E-state index >= 15 is 0 Å². The van der Waals surface area contributed by atoms with Crippen molar-refractivity contribution in [3.8, 4) is 5.75 Å². The highest BCUT2D eigenvalue weighted by atomic mass is 32.2. The van der Waals surface area contributed by atoms with Gasteiger partial charge in [-0.3, -0.25) is 4.79 Å². The predicted octanol–water partition coefficient (Wildman–Crippen LogP) is 4.60. The molecule has 114 valence electrons. The lowest BCUT2D eigenvalue weighted by Crippen LogP contribution is -2.05. The summed E-state index contributed by atoms with van der Waals surface area (Å²) >= 11 is 0. The Morgan fingerprint density at radius 1 is 0.783 bits per heavy atom. The van der Waals surface area contributed by atoms with Gasteiger partial charge in [0.15, 0.2) is 21.0 Å². The molecule has 0 saturated carbocycles. The zero-order chi connectivity index (χ0) is 16.1. The van der Waals surface area contributed by atoms with Crippen molar-refractivity contribution in [3.05, 3.63) is 84.4 Å². The van der Waals surface area contributed by atoms with Crippen LogP contribution in [0.2, 0.25) is 0 Å². The van der Waals surface area contributed by atoms with Gasteiger partial charge in [0, 0.05) is 6.07 Å². The summed E-state index contributed by atoms with van der Waals surface area (Å²) in [5, 5.41) is 0. The summed E-state index contributed by atoms with van der Waals surface area (Å²) in [5.41, 5.74) is 0.570. The highest BCUT2D eigenvalue weighted by Gasteiger charge is 2.29. The molecule has 2 nitrogen and oxygen atoms in total. The average Bonchev–Trinajstić information content (AvgIpc) is 2.63. The molecule has 0 bridgehead atoms. The molecule has 0 fully saturated rings. The first kappa shape index (κ1) is 15.4. The van der Waals surface area contributed by atoms with Gasteiger partial charge in [-0.2, -0.15) is 0 Å². The van der Waals surface area contributed by atoms with Crippen molar-refractivity contribution >= 4 is 17.2 Å². The molecule has 0 aliphatic carbocycles. The zero-order valence-electron chi connectivity index (χ0n) is 12.8. The van der Waals surface area contributed by atoms with E-state index in [2.05, 4.69) is 48.5 Å². The molecule has 3 aromatic carbocycles. The van der Waals surface area contributed by atoms with Crippen LogP contribution in [0.5, 0.6) is 5.75 Å². The second-order valence-electron chi connectivity index (χ2n) is 4.95. The van der Waals surface area contributed by atoms with E-state index in [0.29, 0.717) is 11.3 Å². The van der Waals surface area contributed by atoms with E-state index in [1.807, 2.05) is 30.3 Å². The van der Waals surface area contributed by atoms with Gasteiger partial charge in [-0.05, 0) is 36.4 Å². The molecule has 0 atom stereocenters. The summed E-state index contributed by atoms with van der Waals surface area (Å²) in [7, 11) is 1.36. The summed E-state index contributed by atoms with van der Waals surface area (Å²) in [6, 6.07) is 26.6. The Hall–Kier alpha value is -2.52. The summed E-state index contributed by atoms with van der Waals surface area (Å²) in [6.07, 6.45) is 0.825. The van der Waals surface area contributed by atoms with Crippen LogP contribution in [-0.4, -0.2) is 13.4 Å². The minimum atomic E-state index is -0.233. The van der Waals surface area contributed by atoms with Crippen molar-refractivity contribution in [2.45, 2.75) is 14.7 Å². The van der Waals surface area contributed by atoms with Gasteiger partial charge < -0.3 is 4.74 Å². The van der Waals surface area contributed by atoms with Crippen molar-refractivity contribution in [1.82, 2.24) is 0 Å². The van der Waals surface area contributed by atoms with Crippen LogP contribution in [0.1, 0.15) is 10.4 Å². The lowest BCUT2D eigenvalue weighted by atomic mass is 10.2. The van der Waals surface area contributed by atoms with Gasteiger partial charge in [0.05, 0.1) is 23.6 Å². The monoisotopic (exact) mass is 321 g/mol. The molecule has 0 aromatic heterocycles. The third-order valence-electron chi connectivity index (χ3n) is 3.53. The van der Waals surface area contributed by atoms with Crippen molar-refractivity contribution in [2.75, 3.05) is 7.11 Å². The Labute approximate surface area is 139 Å². The van der Waals surface area contributed by atoms with Gasteiger partial charge in [0.2, 0.25) is 0 Å². The first-order chi connectivity index (χ1) is 11.3. The molecule has 0 spiro atoms. The van der Waals surface area contributed by atoms with Crippen LogP contribution in [0.25, 0.3) is 0 Å². The third-order valence-corrected chi connectivity index (χ3v) is 5.74. The average molecular weight is 321 g/mol. The Kier molecular flexibility index (Phi) is 4.79. The number of methoxy groups -OCH3 is 1. The lowest BCUT2D eigenvalue weighted by molar-refractivity contribution is 0.112. The smallest absolute Gasteiger partial charge is 0.170 e. The van der Waals surface area contributed by atoms with Crippen molar-refractivity contribution in [3.63, 3.8) is 0 Å². The Balaban J connectivity index is 2.15. The van der Waals surface area contributed by atoms with E-state index in [1.165, 1.54) is 9.79 Å². The van der Waals surface area contributed by atoms with E-state index in [1.54, 1.807) is 7.11 Å². The number of rotatable bonds is 5. The molecule has 0 aliphatic rings. The predicted molar refractivity (Wildman–Crippen MR) is 93.4 cm³/mol. The highest BCUT2D eigenvalue weighted by Crippen LogP contribution is 2.33. The topological polar surface area (TPSA) is 26.3 Å². The minimum Gasteiger partial charge on any atom is -0.496 e. The number of hydrogen-bond acceptors (Lipinski definition) is 2. The lowest BCUT2D eigenvalue weighted by Gasteiger charge is -2.10. The van der Waals surface area contributed by atoms with Crippen LogP contribution in [-0.2, 0) is 10.9 Å². The number of benzene rings is 3. The second kappa shape index (κ2) is 7.16.